The van der Waals surface area contributed by atoms with Gasteiger partial charge in [0.2, 0.25) is 0 Å². The molecule has 0 fully saturated rings. The Hall–Kier alpha value is -1.66. The number of rotatable bonds is 22. The number of allylic oxidation sites excluding steroid dienone is 2. The fourth-order valence-electron chi connectivity index (χ4n) is 3.96. The molecule has 0 bridgehead atoms. The molecule has 6 heteroatoms. The maximum atomic E-state index is 13.1. The van der Waals surface area contributed by atoms with Crippen LogP contribution in [0.15, 0.2) is 24.3 Å². The quantitative estimate of drug-likeness (QED) is 0.0970. The first-order chi connectivity index (χ1) is 16.4. The minimum absolute atomic E-state index is 0.141. The molecule has 0 aliphatic carbocycles. The van der Waals surface area contributed by atoms with Crippen molar-refractivity contribution >= 4 is 11.9 Å². The van der Waals surface area contributed by atoms with Gasteiger partial charge >= 0.3 is 5.97 Å². The van der Waals surface area contributed by atoms with E-state index in [-0.39, 0.29) is 12.5 Å². The van der Waals surface area contributed by atoms with E-state index in [0.29, 0.717) is 6.61 Å². The van der Waals surface area contributed by atoms with Crippen LogP contribution < -0.4 is 0 Å². The molecule has 6 nitrogen and oxygen atoms in total. The molecule has 0 heterocycles. The molecule has 1 N–H and O–H groups in total. The van der Waals surface area contributed by atoms with Gasteiger partial charge < -0.3 is 5.11 Å². The highest BCUT2D eigenvalue weighted by Crippen LogP contribution is 2.29. The summed E-state index contributed by atoms with van der Waals surface area (Å²) in [6, 6.07) is 0. The highest BCUT2D eigenvalue weighted by molar-refractivity contribution is 5.87. The predicted octanol–water partition coefficient (Wildman–Crippen LogP) is 7.79. The average molecular weight is 482 g/mol. The van der Waals surface area contributed by atoms with E-state index in [1.807, 2.05) is 13.8 Å². The standard InChI is InChI=1S/C28H51NO5/c1-6-11-12-13-14-15-16-17-18-19-20-25(10-5)34-29(33-23-9-4)26(30)24-28(21-7-2,22-8-3)27(31)32/h7-8,21-22,25H,6,9-20,23-24H2,1-5H3,(H,31,32)/b21-7+,22-8+. The van der Waals surface area contributed by atoms with Crippen LogP contribution in [-0.4, -0.2) is 34.9 Å². The molecule has 198 valence electrons. The van der Waals surface area contributed by atoms with E-state index in [1.54, 1.807) is 26.0 Å². The van der Waals surface area contributed by atoms with Gasteiger partial charge in [-0.3, -0.25) is 9.59 Å². The molecule has 0 aromatic heterocycles. The van der Waals surface area contributed by atoms with Crippen LogP contribution in [0.25, 0.3) is 0 Å². The third kappa shape index (κ3) is 13.9. The zero-order valence-corrected chi connectivity index (χ0v) is 22.5. The highest BCUT2D eigenvalue weighted by Gasteiger charge is 2.38. The first kappa shape index (κ1) is 32.3. The van der Waals surface area contributed by atoms with Crippen LogP contribution in [0.2, 0.25) is 0 Å². The molecule has 0 aromatic carbocycles. The van der Waals surface area contributed by atoms with Crippen molar-refractivity contribution in [1.29, 1.82) is 0 Å². The minimum Gasteiger partial charge on any atom is -0.480 e. The number of carboxylic acids is 1. The normalized spacial score (nSPS) is 13.1. The van der Waals surface area contributed by atoms with Crippen molar-refractivity contribution in [1.82, 2.24) is 5.23 Å². The lowest BCUT2D eigenvalue weighted by Crippen LogP contribution is -2.40. The molecule has 0 radical (unpaired) electrons. The van der Waals surface area contributed by atoms with Crippen molar-refractivity contribution in [2.24, 2.45) is 5.41 Å². The van der Waals surface area contributed by atoms with Crippen molar-refractivity contribution in [2.75, 3.05) is 6.61 Å². The van der Waals surface area contributed by atoms with Gasteiger partial charge in [0.05, 0.1) is 19.1 Å². The average Bonchev–Trinajstić information content (AvgIpc) is 2.81. The molecular weight excluding hydrogens is 430 g/mol. The lowest BCUT2D eigenvalue weighted by Gasteiger charge is -2.29. The number of amides is 1. The number of nitrogens with zero attached hydrogens (tertiary/aromatic N) is 1. The summed E-state index contributed by atoms with van der Waals surface area (Å²) in [5.41, 5.74) is -1.42. The predicted molar refractivity (Wildman–Crippen MR) is 139 cm³/mol. The molecule has 0 aliphatic heterocycles. The summed E-state index contributed by atoms with van der Waals surface area (Å²) in [6.45, 7) is 10.0. The van der Waals surface area contributed by atoms with E-state index < -0.39 is 17.3 Å². The van der Waals surface area contributed by atoms with Gasteiger partial charge in [-0.25, -0.2) is 9.68 Å². The Morgan fingerprint density at radius 2 is 1.38 bits per heavy atom. The van der Waals surface area contributed by atoms with Crippen LogP contribution in [0.1, 0.15) is 125 Å². The third-order valence-electron chi connectivity index (χ3n) is 5.97. The first-order valence-corrected chi connectivity index (χ1v) is 13.5. The van der Waals surface area contributed by atoms with Gasteiger partial charge in [-0.05, 0) is 33.1 Å². The van der Waals surface area contributed by atoms with Crippen molar-refractivity contribution in [3.63, 3.8) is 0 Å². The summed E-state index contributed by atoms with van der Waals surface area (Å²) in [7, 11) is 0. The van der Waals surface area contributed by atoms with Crippen LogP contribution in [0, 0.1) is 5.41 Å². The maximum Gasteiger partial charge on any atom is 0.317 e. The lowest BCUT2D eigenvalue weighted by molar-refractivity contribution is -0.360. The fourth-order valence-corrected chi connectivity index (χ4v) is 3.96. The van der Waals surface area contributed by atoms with E-state index in [1.165, 1.54) is 63.5 Å². The largest absolute Gasteiger partial charge is 0.480 e. The van der Waals surface area contributed by atoms with Crippen molar-refractivity contribution in [3.8, 4) is 0 Å². The van der Waals surface area contributed by atoms with Gasteiger partial charge in [-0.15, -0.1) is 0 Å². The van der Waals surface area contributed by atoms with Crippen LogP contribution in [0.3, 0.4) is 0 Å². The zero-order chi connectivity index (χ0) is 25.7. The number of carboxylic acid groups (broad SMARTS) is 1. The number of aliphatic carboxylic acids is 1. The summed E-state index contributed by atoms with van der Waals surface area (Å²) in [5.74, 6) is -1.57. The summed E-state index contributed by atoms with van der Waals surface area (Å²) in [5, 5.41) is 10.8. The number of carbonyl (C=O) groups is 2. The number of carbonyl (C=O) groups excluding carboxylic acids is 1. The molecule has 0 aliphatic rings. The van der Waals surface area contributed by atoms with Gasteiger partial charge in [0.15, 0.2) is 0 Å². The molecule has 0 saturated heterocycles. The van der Waals surface area contributed by atoms with Crippen LogP contribution in [0.5, 0.6) is 0 Å². The number of hydrogen-bond donors (Lipinski definition) is 1. The second kappa shape index (κ2) is 20.7. The molecule has 0 aromatic rings. The third-order valence-corrected chi connectivity index (χ3v) is 5.97. The topological polar surface area (TPSA) is 76.1 Å². The molecule has 0 rings (SSSR count). The second-order valence-corrected chi connectivity index (χ2v) is 9.11. The van der Waals surface area contributed by atoms with Gasteiger partial charge in [-0.1, -0.05) is 115 Å². The van der Waals surface area contributed by atoms with Crippen molar-refractivity contribution in [2.45, 2.75) is 131 Å². The SMILES string of the molecule is C/C=C/C(/C=C/C)(CC(=O)N(OCCC)OC(CC)CCCCCCCCCCCC)C(=O)O. The van der Waals surface area contributed by atoms with Gasteiger partial charge in [0.1, 0.15) is 5.41 Å². The highest BCUT2D eigenvalue weighted by atomic mass is 17.0. The van der Waals surface area contributed by atoms with E-state index >= 15 is 0 Å². The molecule has 0 saturated carbocycles. The minimum atomic E-state index is -1.42. The molecule has 0 spiro atoms. The Morgan fingerprint density at radius 1 is 0.853 bits per heavy atom. The summed E-state index contributed by atoms with van der Waals surface area (Å²) >= 11 is 0. The Kier molecular flexibility index (Phi) is 19.7. The van der Waals surface area contributed by atoms with Crippen molar-refractivity contribution < 1.29 is 24.4 Å². The summed E-state index contributed by atoms with van der Waals surface area (Å²) in [4.78, 5) is 36.6. The zero-order valence-electron chi connectivity index (χ0n) is 22.5. The second-order valence-electron chi connectivity index (χ2n) is 9.11. The van der Waals surface area contributed by atoms with Crippen LogP contribution >= 0.6 is 0 Å². The van der Waals surface area contributed by atoms with E-state index in [9.17, 15) is 14.7 Å². The Balaban J connectivity index is 4.78. The van der Waals surface area contributed by atoms with E-state index in [0.717, 1.165) is 37.3 Å². The maximum absolute atomic E-state index is 13.1. The van der Waals surface area contributed by atoms with Gasteiger partial charge in [-0.2, -0.15) is 0 Å². The van der Waals surface area contributed by atoms with E-state index in [2.05, 4.69) is 6.92 Å². The van der Waals surface area contributed by atoms with Crippen LogP contribution in [-0.2, 0) is 19.3 Å². The molecule has 1 unspecified atom stereocenters. The Bertz CT molecular complexity index is 575. The number of hydroxylamine groups is 2. The molecule has 1 amide bonds. The van der Waals surface area contributed by atoms with Gasteiger partial charge in [0, 0.05) is 0 Å². The summed E-state index contributed by atoms with van der Waals surface area (Å²) in [6.07, 6.45) is 21.0. The Morgan fingerprint density at radius 3 is 1.82 bits per heavy atom. The number of hydrogen-bond acceptors (Lipinski definition) is 4. The summed E-state index contributed by atoms with van der Waals surface area (Å²) < 4.78 is 0. The monoisotopic (exact) mass is 481 g/mol. The molecule has 1 atom stereocenters. The number of unbranched alkanes of at least 4 members (excludes halogenated alkanes) is 9. The fraction of sp³-hybridized carbons (Fsp3) is 0.786. The first-order valence-electron chi connectivity index (χ1n) is 13.5. The lowest BCUT2D eigenvalue weighted by atomic mass is 9.83. The van der Waals surface area contributed by atoms with E-state index in [4.69, 9.17) is 9.68 Å². The van der Waals surface area contributed by atoms with Crippen LogP contribution in [0.4, 0.5) is 0 Å². The van der Waals surface area contributed by atoms with Gasteiger partial charge in [0.25, 0.3) is 5.91 Å². The van der Waals surface area contributed by atoms with Crippen molar-refractivity contribution in [3.05, 3.63) is 24.3 Å². The Labute approximate surface area is 208 Å². The smallest absolute Gasteiger partial charge is 0.317 e. The molecule has 34 heavy (non-hydrogen) atoms. The molecular formula is C28H51NO5.